The molecule has 2 aliphatic rings. The molecule has 1 N–H and O–H groups in total. The molecule has 0 radical (unpaired) electrons. The highest BCUT2D eigenvalue weighted by Crippen LogP contribution is 2.33. The summed E-state index contributed by atoms with van der Waals surface area (Å²) in [6, 6.07) is 11.1. The Morgan fingerprint density at radius 1 is 1.28 bits per heavy atom. The number of likely N-dealkylation sites (tertiary alicyclic amines) is 1. The molecule has 0 saturated carbocycles. The third-order valence-corrected chi connectivity index (χ3v) is 4.97. The molecule has 2 fully saturated rings. The molecule has 0 bridgehead atoms. The lowest BCUT2D eigenvalue weighted by Gasteiger charge is -2.44. The molecule has 0 aliphatic carbocycles. The van der Waals surface area contributed by atoms with Crippen molar-refractivity contribution in [3.63, 3.8) is 0 Å². The van der Waals surface area contributed by atoms with E-state index in [9.17, 15) is 4.79 Å². The molecule has 5 nitrogen and oxygen atoms in total. The molecule has 25 heavy (non-hydrogen) atoms. The van der Waals surface area contributed by atoms with Gasteiger partial charge in [0.2, 0.25) is 0 Å². The number of hydrogen-bond acceptors (Lipinski definition) is 4. The molecule has 4 atom stereocenters. The fraction of sp³-hybridized carbons (Fsp3) is 0.650. The summed E-state index contributed by atoms with van der Waals surface area (Å²) in [5.74, 6) is 0. The molecule has 138 valence electrons. The lowest BCUT2D eigenvalue weighted by atomic mass is 9.91. The summed E-state index contributed by atoms with van der Waals surface area (Å²) >= 11 is 0. The maximum atomic E-state index is 12.7. The number of rotatable bonds is 3. The van der Waals surface area contributed by atoms with E-state index in [4.69, 9.17) is 9.47 Å². The Hall–Kier alpha value is -1.59. The third kappa shape index (κ3) is 4.53. The van der Waals surface area contributed by atoms with Gasteiger partial charge in [-0.15, -0.1) is 0 Å². The van der Waals surface area contributed by atoms with Crippen LogP contribution >= 0.6 is 0 Å². The summed E-state index contributed by atoms with van der Waals surface area (Å²) in [6.07, 6.45) is 1.89. The highest BCUT2D eigenvalue weighted by Gasteiger charge is 2.37. The van der Waals surface area contributed by atoms with Gasteiger partial charge in [0.1, 0.15) is 5.60 Å². The zero-order valence-electron chi connectivity index (χ0n) is 15.7. The molecular formula is C20H30N2O3. The first-order valence-corrected chi connectivity index (χ1v) is 9.26. The zero-order chi connectivity index (χ0) is 18.0. The van der Waals surface area contributed by atoms with Gasteiger partial charge in [0.15, 0.2) is 0 Å². The van der Waals surface area contributed by atoms with Crippen molar-refractivity contribution in [3.8, 4) is 0 Å². The summed E-state index contributed by atoms with van der Waals surface area (Å²) in [5, 5.41) is 3.71. The topological polar surface area (TPSA) is 50.8 Å². The van der Waals surface area contributed by atoms with E-state index in [0.717, 1.165) is 25.0 Å². The molecule has 1 amide bonds. The smallest absolute Gasteiger partial charge is 0.410 e. The highest BCUT2D eigenvalue weighted by atomic mass is 16.6. The van der Waals surface area contributed by atoms with E-state index in [1.165, 1.54) is 0 Å². The van der Waals surface area contributed by atoms with Gasteiger partial charge in [0.25, 0.3) is 0 Å². The van der Waals surface area contributed by atoms with E-state index >= 15 is 0 Å². The quantitative estimate of drug-likeness (QED) is 0.910. The number of ether oxygens (including phenoxy) is 2. The molecule has 2 heterocycles. The van der Waals surface area contributed by atoms with Crippen LogP contribution in [-0.2, 0) is 9.47 Å². The SMILES string of the molecule is CC1OCC1N[C@H]1CCN(C(=O)OC(C)(C)C)[C@H](c2ccccc2)C1. The molecular weight excluding hydrogens is 316 g/mol. The van der Waals surface area contributed by atoms with E-state index in [2.05, 4.69) is 24.4 Å². The minimum atomic E-state index is -0.480. The van der Waals surface area contributed by atoms with Gasteiger partial charge in [-0.2, -0.15) is 0 Å². The second-order valence-corrected chi connectivity index (χ2v) is 8.13. The Bertz CT molecular complexity index is 584. The largest absolute Gasteiger partial charge is 0.444 e. The summed E-state index contributed by atoms with van der Waals surface area (Å²) < 4.78 is 11.1. The monoisotopic (exact) mass is 346 g/mol. The van der Waals surface area contributed by atoms with Crippen molar-refractivity contribution in [2.24, 2.45) is 0 Å². The van der Waals surface area contributed by atoms with Crippen LogP contribution in [0.1, 0.15) is 52.1 Å². The van der Waals surface area contributed by atoms with Crippen LogP contribution in [0, 0.1) is 0 Å². The normalized spacial score (nSPS) is 29.8. The van der Waals surface area contributed by atoms with E-state index in [1.807, 2.05) is 43.9 Å². The number of hydrogen-bond donors (Lipinski definition) is 1. The third-order valence-electron chi connectivity index (χ3n) is 4.97. The molecule has 5 heteroatoms. The number of piperidine rings is 1. The lowest BCUT2D eigenvalue weighted by molar-refractivity contribution is -0.0822. The van der Waals surface area contributed by atoms with Crippen LogP contribution in [0.4, 0.5) is 4.79 Å². The number of benzene rings is 1. The zero-order valence-corrected chi connectivity index (χ0v) is 15.7. The van der Waals surface area contributed by atoms with E-state index in [1.54, 1.807) is 0 Å². The Morgan fingerprint density at radius 3 is 2.56 bits per heavy atom. The molecule has 2 saturated heterocycles. The predicted molar refractivity (Wildman–Crippen MR) is 97.5 cm³/mol. The van der Waals surface area contributed by atoms with Crippen molar-refractivity contribution in [2.45, 2.75) is 70.4 Å². The molecule has 2 aliphatic heterocycles. The summed E-state index contributed by atoms with van der Waals surface area (Å²) in [5.41, 5.74) is 0.685. The molecule has 3 rings (SSSR count). The van der Waals surface area contributed by atoms with Crippen LogP contribution < -0.4 is 5.32 Å². The standard InChI is InChI=1S/C20H30N2O3/c1-14-17(13-24-14)21-16-10-11-22(19(23)25-20(2,3)4)18(12-16)15-8-6-5-7-9-15/h5-9,14,16-18,21H,10-13H2,1-4H3/t14?,16-,17?,18-/m0/s1. The van der Waals surface area contributed by atoms with Crippen molar-refractivity contribution in [1.29, 1.82) is 0 Å². The Kier molecular flexibility index (Phi) is 5.35. The molecule has 0 aromatic heterocycles. The van der Waals surface area contributed by atoms with Gasteiger partial charge in [-0.25, -0.2) is 4.79 Å². The Labute approximate surface area is 150 Å². The summed E-state index contributed by atoms with van der Waals surface area (Å²) in [6.45, 7) is 9.32. The Morgan fingerprint density at radius 2 is 2.00 bits per heavy atom. The van der Waals surface area contributed by atoms with Crippen LogP contribution in [0.15, 0.2) is 30.3 Å². The van der Waals surface area contributed by atoms with E-state index in [0.29, 0.717) is 18.6 Å². The number of carbonyl (C=O) groups excluding carboxylic acids is 1. The maximum absolute atomic E-state index is 12.7. The molecule has 0 spiro atoms. The van der Waals surface area contributed by atoms with Crippen molar-refractivity contribution < 1.29 is 14.3 Å². The maximum Gasteiger partial charge on any atom is 0.410 e. The van der Waals surface area contributed by atoms with Crippen LogP contribution in [0.3, 0.4) is 0 Å². The average molecular weight is 346 g/mol. The number of carbonyl (C=O) groups is 1. The summed E-state index contributed by atoms with van der Waals surface area (Å²) in [7, 11) is 0. The fourth-order valence-electron chi connectivity index (χ4n) is 3.52. The van der Waals surface area contributed by atoms with Crippen molar-refractivity contribution in [2.75, 3.05) is 13.2 Å². The van der Waals surface area contributed by atoms with Crippen LogP contribution in [-0.4, -0.2) is 47.9 Å². The second-order valence-electron chi connectivity index (χ2n) is 8.13. The Balaban J connectivity index is 1.73. The number of nitrogens with zero attached hydrogens (tertiary/aromatic N) is 1. The highest BCUT2D eigenvalue weighted by molar-refractivity contribution is 5.69. The van der Waals surface area contributed by atoms with E-state index in [-0.39, 0.29) is 18.2 Å². The molecule has 1 aromatic carbocycles. The van der Waals surface area contributed by atoms with E-state index < -0.39 is 5.60 Å². The van der Waals surface area contributed by atoms with Gasteiger partial charge in [0.05, 0.1) is 24.8 Å². The van der Waals surface area contributed by atoms with Crippen molar-refractivity contribution in [3.05, 3.63) is 35.9 Å². The van der Waals surface area contributed by atoms with Gasteiger partial charge >= 0.3 is 6.09 Å². The fourth-order valence-corrected chi connectivity index (χ4v) is 3.52. The predicted octanol–water partition coefficient (Wildman–Crippen LogP) is 3.50. The second kappa shape index (κ2) is 7.34. The molecule has 2 unspecified atom stereocenters. The minimum Gasteiger partial charge on any atom is -0.444 e. The van der Waals surface area contributed by atoms with Crippen molar-refractivity contribution >= 4 is 6.09 Å². The van der Waals surface area contributed by atoms with Gasteiger partial charge in [-0.1, -0.05) is 30.3 Å². The first-order chi connectivity index (χ1) is 11.8. The van der Waals surface area contributed by atoms with Gasteiger partial charge in [-0.05, 0) is 46.1 Å². The first-order valence-electron chi connectivity index (χ1n) is 9.26. The van der Waals surface area contributed by atoms with Gasteiger partial charge in [0, 0.05) is 12.6 Å². The average Bonchev–Trinajstić information content (AvgIpc) is 2.57. The first kappa shape index (κ1) is 18.2. The van der Waals surface area contributed by atoms with Gasteiger partial charge in [-0.3, -0.25) is 0 Å². The summed E-state index contributed by atoms with van der Waals surface area (Å²) in [4.78, 5) is 14.6. The van der Waals surface area contributed by atoms with Crippen LogP contribution in [0.2, 0.25) is 0 Å². The molecule has 1 aromatic rings. The van der Waals surface area contributed by atoms with Gasteiger partial charge < -0.3 is 19.7 Å². The minimum absolute atomic E-state index is 0.0404. The van der Waals surface area contributed by atoms with Crippen molar-refractivity contribution in [1.82, 2.24) is 10.2 Å². The van der Waals surface area contributed by atoms with Crippen LogP contribution in [0.25, 0.3) is 0 Å². The number of nitrogens with one attached hydrogen (secondary N) is 1. The number of amides is 1. The van der Waals surface area contributed by atoms with Crippen LogP contribution in [0.5, 0.6) is 0 Å². The lowest BCUT2D eigenvalue weighted by Crippen LogP contribution is -2.58.